The summed E-state index contributed by atoms with van der Waals surface area (Å²) in [6, 6.07) is 5.32. The lowest BCUT2D eigenvalue weighted by Crippen LogP contribution is -2.11. The largest absolute Gasteiger partial charge is 0.492 e. The molecular weight excluding hydrogens is 226 g/mol. The first-order valence-corrected chi connectivity index (χ1v) is 6.48. The molecule has 0 spiro atoms. The third-order valence-corrected chi connectivity index (χ3v) is 3.72. The maximum atomic E-state index is 11.9. The molecule has 0 bridgehead atoms. The first kappa shape index (κ1) is 11.1. The molecule has 86 valence electrons. The van der Waals surface area contributed by atoms with Crippen LogP contribution in [0.5, 0.6) is 5.75 Å². The van der Waals surface area contributed by atoms with E-state index in [1.54, 1.807) is 18.2 Å². The second-order valence-electron chi connectivity index (χ2n) is 3.41. The Morgan fingerprint density at radius 2 is 2.31 bits per heavy atom. The molecule has 0 saturated heterocycles. The molecule has 0 aliphatic carbocycles. The summed E-state index contributed by atoms with van der Waals surface area (Å²) < 4.78 is 17.3. The number of carbonyl (C=O) groups excluding carboxylic acids is 1. The summed E-state index contributed by atoms with van der Waals surface area (Å²) in [5.41, 5.74) is 0.560. The van der Waals surface area contributed by atoms with Crippen molar-refractivity contribution in [1.82, 2.24) is 0 Å². The summed E-state index contributed by atoms with van der Waals surface area (Å²) in [6.07, 6.45) is 0.285. The number of hydrogen-bond acceptors (Lipinski definition) is 3. The van der Waals surface area contributed by atoms with Crippen LogP contribution < -0.4 is 10.1 Å². The summed E-state index contributed by atoms with van der Waals surface area (Å²) >= 11 is 0. The van der Waals surface area contributed by atoms with Crippen LogP contribution in [0.2, 0.25) is 0 Å². The van der Waals surface area contributed by atoms with Gasteiger partial charge in [0.15, 0.2) is 0 Å². The normalized spacial score (nSPS) is 19.6. The Bertz CT molecular complexity index is 445. The van der Waals surface area contributed by atoms with Gasteiger partial charge in [-0.3, -0.25) is 9.00 Å². The molecule has 0 fully saturated rings. The molecule has 5 heteroatoms. The van der Waals surface area contributed by atoms with Gasteiger partial charge in [0.2, 0.25) is 5.91 Å². The van der Waals surface area contributed by atoms with Crippen molar-refractivity contribution in [3.63, 3.8) is 0 Å². The Hall–Kier alpha value is -1.36. The maximum Gasteiger partial charge on any atom is 0.225 e. The van der Waals surface area contributed by atoms with Gasteiger partial charge in [-0.25, -0.2) is 0 Å². The Labute approximate surface area is 96.4 Å². The van der Waals surface area contributed by atoms with Gasteiger partial charge in [0.05, 0.1) is 28.0 Å². The fraction of sp³-hybridized carbons (Fsp3) is 0.364. The number of anilines is 1. The van der Waals surface area contributed by atoms with Crippen LogP contribution in [0.3, 0.4) is 0 Å². The van der Waals surface area contributed by atoms with E-state index in [1.165, 1.54) is 0 Å². The Balaban J connectivity index is 2.49. The van der Waals surface area contributed by atoms with Crippen molar-refractivity contribution < 1.29 is 13.7 Å². The van der Waals surface area contributed by atoms with Gasteiger partial charge >= 0.3 is 0 Å². The lowest BCUT2D eigenvalue weighted by Gasteiger charge is -2.12. The number of ether oxygens (including phenoxy) is 1. The summed E-state index contributed by atoms with van der Waals surface area (Å²) in [7, 11) is -1.13. The third-order valence-electron chi connectivity index (χ3n) is 2.31. The number of rotatable bonds is 2. The van der Waals surface area contributed by atoms with Crippen LogP contribution in [-0.2, 0) is 15.6 Å². The second-order valence-corrected chi connectivity index (χ2v) is 4.95. The standard InChI is InChI=1S/C11H13NO3S/c1-2-15-8-4-3-5-9-11(8)12-10(13)6-7-16(9)14/h3-5H,2,6-7H2,1H3,(H,12,13). The van der Waals surface area contributed by atoms with Gasteiger partial charge in [-0.1, -0.05) is 6.07 Å². The van der Waals surface area contributed by atoms with Crippen LogP contribution in [0.25, 0.3) is 0 Å². The number of amides is 1. The van der Waals surface area contributed by atoms with E-state index >= 15 is 0 Å². The van der Waals surface area contributed by atoms with Crippen LogP contribution >= 0.6 is 0 Å². The monoisotopic (exact) mass is 239 g/mol. The highest BCUT2D eigenvalue weighted by molar-refractivity contribution is 7.85. The summed E-state index contributed by atoms with van der Waals surface area (Å²) in [5.74, 6) is 0.844. The summed E-state index contributed by atoms with van der Waals surface area (Å²) in [6.45, 7) is 2.38. The Morgan fingerprint density at radius 1 is 1.50 bits per heavy atom. The number of para-hydroxylation sites is 1. The Kier molecular flexibility index (Phi) is 3.24. The molecule has 2 rings (SSSR count). The number of fused-ring (bicyclic) bond motifs is 1. The first-order valence-electron chi connectivity index (χ1n) is 5.16. The van der Waals surface area contributed by atoms with Crippen molar-refractivity contribution in [2.45, 2.75) is 18.2 Å². The highest BCUT2D eigenvalue weighted by atomic mass is 32.2. The van der Waals surface area contributed by atoms with Gasteiger partial charge in [-0.05, 0) is 19.1 Å². The zero-order valence-corrected chi connectivity index (χ0v) is 9.80. The zero-order valence-electron chi connectivity index (χ0n) is 8.99. The molecule has 1 aliphatic rings. The van der Waals surface area contributed by atoms with Crippen LogP contribution in [-0.4, -0.2) is 22.5 Å². The molecule has 1 N–H and O–H groups in total. The van der Waals surface area contributed by atoms with E-state index in [2.05, 4.69) is 5.32 Å². The maximum absolute atomic E-state index is 11.9. The Morgan fingerprint density at radius 3 is 3.06 bits per heavy atom. The lowest BCUT2D eigenvalue weighted by atomic mass is 10.3. The minimum atomic E-state index is -1.13. The highest BCUT2D eigenvalue weighted by Crippen LogP contribution is 2.32. The molecule has 0 aromatic heterocycles. The minimum absolute atomic E-state index is 0.112. The fourth-order valence-electron chi connectivity index (χ4n) is 1.60. The molecule has 1 amide bonds. The van der Waals surface area contributed by atoms with Gasteiger partial charge in [-0.15, -0.1) is 0 Å². The van der Waals surface area contributed by atoms with E-state index in [0.717, 1.165) is 0 Å². The van der Waals surface area contributed by atoms with Gasteiger partial charge in [0.1, 0.15) is 5.75 Å². The van der Waals surface area contributed by atoms with Crippen molar-refractivity contribution in [2.75, 3.05) is 17.7 Å². The third kappa shape index (κ3) is 2.09. The van der Waals surface area contributed by atoms with E-state index in [-0.39, 0.29) is 12.3 Å². The van der Waals surface area contributed by atoms with Crippen molar-refractivity contribution in [2.24, 2.45) is 0 Å². The lowest BCUT2D eigenvalue weighted by molar-refractivity contribution is -0.115. The summed E-state index contributed by atoms with van der Waals surface area (Å²) in [5, 5.41) is 2.75. The topological polar surface area (TPSA) is 55.4 Å². The molecule has 4 nitrogen and oxygen atoms in total. The van der Waals surface area contributed by atoms with Crippen LogP contribution in [0.15, 0.2) is 23.1 Å². The van der Waals surface area contributed by atoms with Crippen molar-refractivity contribution >= 4 is 22.4 Å². The average molecular weight is 239 g/mol. The molecule has 1 heterocycles. The van der Waals surface area contributed by atoms with Gasteiger partial charge in [-0.2, -0.15) is 0 Å². The minimum Gasteiger partial charge on any atom is -0.492 e. The number of hydrogen-bond donors (Lipinski definition) is 1. The molecule has 1 unspecified atom stereocenters. The SMILES string of the molecule is CCOc1cccc2c1NC(=O)CCS2=O. The van der Waals surface area contributed by atoms with Crippen LogP contribution in [0.1, 0.15) is 13.3 Å². The van der Waals surface area contributed by atoms with E-state index < -0.39 is 10.8 Å². The molecule has 1 aliphatic heterocycles. The van der Waals surface area contributed by atoms with Crippen molar-refractivity contribution in [1.29, 1.82) is 0 Å². The smallest absolute Gasteiger partial charge is 0.225 e. The van der Waals surface area contributed by atoms with Crippen LogP contribution in [0.4, 0.5) is 5.69 Å². The average Bonchev–Trinajstić information content (AvgIpc) is 2.41. The summed E-state index contributed by atoms with van der Waals surface area (Å²) in [4.78, 5) is 12.1. The van der Waals surface area contributed by atoms with E-state index in [4.69, 9.17) is 4.74 Å². The molecule has 0 saturated carbocycles. The van der Waals surface area contributed by atoms with Gasteiger partial charge < -0.3 is 10.1 Å². The number of carbonyl (C=O) groups is 1. The van der Waals surface area contributed by atoms with E-state index in [9.17, 15) is 9.00 Å². The van der Waals surface area contributed by atoms with E-state index in [0.29, 0.717) is 28.7 Å². The van der Waals surface area contributed by atoms with Crippen LogP contribution in [0, 0.1) is 0 Å². The molecular formula is C11H13NO3S. The number of nitrogens with one attached hydrogen (secondary N) is 1. The molecule has 1 aromatic rings. The quantitative estimate of drug-likeness (QED) is 0.851. The first-order chi connectivity index (χ1) is 7.72. The number of benzene rings is 1. The van der Waals surface area contributed by atoms with Gasteiger partial charge in [0, 0.05) is 12.2 Å². The molecule has 16 heavy (non-hydrogen) atoms. The van der Waals surface area contributed by atoms with Crippen molar-refractivity contribution in [3.8, 4) is 5.75 Å². The predicted octanol–water partition coefficient (Wildman–Crippen LogP) is 1.54. The zero-order chi connectivity index (χ0) is 11.5. The molecule has 0 radical (unpaired) electrons. The van der Waals surface area contributed by atoms with Gasteiger partial charge in [0.25, 0.3) is 0 Å². The van der Waals surface area contributed by atoms with E-state index in [1.807, 2.05) is 6.92 Å². The van der Waals surface area contributed by atoms with Crippen molar-refractivity contribution in [3.05, 3.63) is 18.2 Å². The highest BCUT2D eigenvalue weighted by Gasteiger charge is 2.21. The second kappa shape index (κ2) is 4.65. The molecule has 1 atom stereocenters. The predicted molar refractivity (Wildman–Crippen MR) is 62.1 cm³/mol. The molecule has 1 aromatic carbocycles. The fourth-order valence-corrected chi connectivity index (χ4v) is 2.80.